The molecule has 0 saturated heterocycles. The molecule has 1 aromatic heterocycles. The van der Waals surface area contributed by atoms with Crippen LogP contribution >= 0.6 is 11.8 Å². The summed E-state index contributed by atoms with van der Waals surface area (Å²) in [6.45, 7) is 4.03. The first kappa shape index (κ1) is 13.1. The number of aliphatic hydroxyl groups excluding tert-OH is 1. The lowest BCUT2D eigenvalue weighted by molar-refractivity contribution is 0.203. The van der Waals surface area contributed by atoms with Crippen molar-refractivity contribution >= 4 is 11.8 Å². The quantitative estimate of drug-likeness (QED) is 0.853. The number of aliphatic hydroxyl groups is 1. The van der Waals surface area contributed by atoms with E-state index in [1.807, 2.05) is 31.2 Å². The number of hydrogen-bond donors (Lipinski definition) is 1. The Morgan fingerprint density at radius 3 is 2.61 bits per heavy atom. The maximum atomic E-state index is 10.1. The topological polar surface area (TPSA) is 33.1 Å². The van der Waals surface area contributed by atoms with Crippen molar-refractivity contribution in [3.8, 4) is 0 Å². The van der Waals surface area contributed by atoms with E-state index in [0.29, 0.717) is 5.75 Å². The summed E-state index contributed by atoms with van der Waals surface area (Å²) in [5.74, 6) is 0.648. The predicted octanol–water partition coefficient (Wildman–Crippen LogP) is 3.52. The summed E-state index contributed by atoms with van der Waals surface area (Å²) in [6.07, 6.45) is 1.28. The number of aromatic nitrogens is 1. The lowest BCUT2D eigenvalue weighted by Crippen LogP contribution is -2.01. The standard InChI is InChI=1S/C15H17NOS/c1-11-5-3-4-6-15(11)18-10-14(17)13-8-7-12(2)16-9-13/h3-9,14,17H,10H2,1-2H3. The van der Waals surface area contributed by atoms with Crippen LogP contribution in [0.2, 0.25) is 0 Å². The van der Waals surface area contributed by atoms with Crippen LogP contribution < -0.4 is 0 Å². The number of benzene rings is 1. The Balaban J connectivity index is 1.98. The zero-order valence-electron chi connectivity index (χ0n) is 10.6. The van der Waals surface area contributed by atoms with E-state index in [0.717, 1.165) is 11.3 Å². The van der Waals surface area contributed by atoms with E-state index in [1.54, 1.807) is 18.0 Å². The molecule has 18 heavy (non-hydrogen) atoms. The van der Waals surface area contributed by atoms with Crippen molar-refractivity contribution in [2.45, 2.75) is 24.8 Å². The molecular formula is C15H17NOS. The Bertz CT molecular complexity index is 510. The van der Waals surface area contributed by atoms with Gasteiger partial charge in [-0.25, -0.2) is 0 Å². The first-order chi connectivity index (χ1) is 8.66. The van der Waals surface area contributed by atoms with Crippen molar-refractivity contribution < 1.29 is 5.11 Å². The predicted molar refractivity (Wildman–Crippen MR) is 75.8 cm³/mol. The van der Waals surface area contributed by atoms with Gasteiger partial charge in [0.2, 0.25) is 0 Å². The third kappa shape index (κ3) is 3.34. The molecule has 1 heterocycles. The minimum atomic E-state index is -0.470. The van der Waals surface area contributed by atoms with E-state index in [2.05, 4.69) is 24.0 Å². The Morgan fingerprint density at radius 1 is 1.17 bits per heavy atom. The van der Waals surface area contributed by atoms with Gasteiger partial charge < -0.3 is 5.11 Å². The van der Waals surface area contributed by atoms with Gasteiger partial charge in [-0.15, -0.1) is 11.8 Å². The highest BCUT2D eigenvalue weighted by atomic mass is 32.2. The van der Waals surface area contributed by atoms with Crippen molar-refractivity contribution in [3.05, 3.63) is 59.4 Å². The molecule has 0 aliphatic heterocycles. The summed E-state index contributed by atoms with van der Waals surface area (Å²) in [5.41, 5.74) is 3.09. The van der Waals surface area contributed by atoms with Gasteiger partial charge in [0.15, 0.2) is 0 Å². The average molecular weight is 259 g/mol. The van der Waals surface area contributed by atoms with Crippen LogP contribution in [0.3, 0.4) is 0 Å². The van der Waals surface area contributed by atoms with Gasteiger partial charge in [-0.2, -0.15) is 0 Å². The molecule has 0 saturated carbocycles. The molecule has 0 radical (unpaired) electrons. The van der Waals surface area contributed by atoms with E-state index in [1.165, 1.54) is 10.5 Å². The fourth-order valence-electron chi connectivity index (χ4n) is 1.66. The van der Waals surface area contributed by atoms with E-state index < -0.39 is 6.10 Å². The second kappa shape index (κ2) is 6.03. The molecule has 2 aromatic rings. The maximum Gasteiger partial charge on any atom is 0.0898 e. The lowest BCUT2D eigenvalue weighted by Gasteiger charge is -2.11. The summed E-state index contributed by atoms with van der Waals surface area (Å²) in [5, 5.41) is 10.1. The van der Waals surface area contributed by atoms with Crippen molar-refractivity contribution in [2.24, 2.45) is 0 Å². The molecular weight excluding hydrogens is 242 g/mol. The molecule has 1 unspecified atom stereocenters. The molecule has 0 fully saturated rings. The van der Waals surface area contributed by atoms with Crippen molar-refractivity contribution in [1.29, 1.82) is 0 Å². The minimum Gasteiger partial charge on any atom is -0.387 e. The molecule has 1 N–H and O–H groups in total. The number of nitrogens with zero attached hydrogens (tertiary/aromatic N) is 1. The van der Waals surface area contributed by atoms with Gasteiger partial charge in [0, 0.05) is 22.5 Å². The van der Waals surface area contributed by atoms with Crippen molar-refractivity contribution in [2.75, 3.05) is 5.75 Å². The zero-order valence-corrected chi connectivity index (χ0v) is 11.4. The number of hydrogen-bond acceptors (Lipinski definition) is 3. The van der Waals surface area contributed by atoms with Gasteiger partial charge in [-0.3, -0.25) is 4.98 Å². The first-order valence-corrected chi connectivity index (χ1v) is 6.94. The van der Waals surface area contributed by atoms with E-state index in [-0.39, 0.29) is 0 Å². The smallest absolute Gasteiger partial charge is 0.0898 e. The highest BCUT2D eigenvalue weighted by Gasteiger charge is 2.09. The Labute approximate surface area is 112 Å². The van der Waals surface area contributed by atoms with Crippen molar-refractivity contribution in [3.63, 3.8) is 0 Å². The van der Waals surface area contributed by atoms with Gasteiger partial charge in [0.05, 0.1) is 6.10 Å². The van der Waals surface area contributed by atoms with Gasteiger partial charge in [0.25, 0.3) is 0 Å². The molecule has 2 nitrogen and oxygen atoms in total. The third-order valence-corrected chi connectivity index (χ3v) is 4.06. The Hall–Kier alpha value is -1.32. The number of aryl methyl sites for hydroxylation is 2. The van der Waals surface area contributed by atoms with Crippen molar-refractivity contribution in [1.82, 2.24) is 4.98 Å². The summed E-state index contributed by atoms with van der Waals surface area (Å²) in [4.78, 5) is 5.42. The summed E-state index contributed by atoms with van der Waals surface area (Å²) < 4.78 is 0. The molecule has 0 aliphatic rings. The molecule has 1 atom stereocenters. The highest BCUT2D eigenvalue weighted by molar-refractivity contribution is 7.99. The largest absolute Gasteiger partial charge is 0.387 e. The van der Waals surface area contributed by atoms with Crippen LogP contribution in [0.25, 0.3) is 0 Å². The number of rotatable bonds is 4. The second-order valence-corrected chi connectivity index (χ2v) is 5.39. The van der Waals surface area contributed by atoms with Crippen LogP contribution in [0.4, 0.5) is 0 Å². The molecule has 3 heteroatoms. The zero-order chi connectivity index (χ0) is 13.0. The second-order valence-electron chi connectivity index (χ2n) is 4.33. The fraction of sp³-hybridized carbons (Fsp3) is 0.267. The summed E-state index contributed by atoms with van der Waals surface area (Å²) >= 11 is 1.68. The summed E-state index contributed by atoms with van der Waals surface area (Å²) in [7, 11) is 0. The fourth-order valence-corrected chi connectivity index (χ4v) is 2.66. The third-order valence-electron chi connectivity index (χ3n) is 2.81. The van der Waals surface area contributed by atoms with Crippen LogP contribution in [0.1, 0.15) is 22.9 Å². The molecule has 94 valence electrons. The Morgan fingerprint density at radius 2 is 1.94 bits per heavy atom. The molecule has 0 aliphatic carbocycles. The van der Waals surface area contributed by atoms with Gasteiger partial charge >= 0.3 is 0 Å². The SMILES string of the molecule is Cc1ccc(C(O)CSc2ccccc2C)cn1. The van der Waals surface area contributed by atoms with Gasteiger partial charge in [-0.05, 0) is 37.1 Å². The Kier molecular flexibility index (Phi) is 4.39. The monoisotopic (exact) mass is 259 g/mol. The maximum absolute atomic E-state index is 10.1. The van der Waals surface area contributed by atoms with Gasteiger partial charge in [-0.1, -0.05) is 24.3 Å². The molecule has 0 bridgehead atoms. The van der Waals surface area contributed by atoms with Crippen LogP contribution in [0.15, 0.2) is 47.5 Å². The van der Waals surface area contributed by atoms with E-state index >= 15 is 0 Å². The minimum absolute atomic E-state index is 0.470. The average Bonchev–Trinajstić information content (AvgIpc) is 2.38. The highest BCUT2D eigenvalue weighted by Crippen LogP contribution is 2.26. The molecule has 2 rings (SSSR count). The van der Waals surface area contributed by atoms with E-state index in [4.69, 9.17) is 0 Å². The molecule has 1 aromatic carbocycles. The van der Waals surface area contributed by atoms with Crippen LogP contribution in [-0.4, -0.2) is 15.8 Å². The number of thioether (sulfide) groups is 1. The first-order valence-electron chi connectivity index (χ1n) is 5.96. The summed E-state index contributed by atoms with van der Waals surface area (Å²) in [6, 6.07) is 12.1. The normalized spacial score (nSPS) is 12.4. The molecule has 0 amide bonds. The lowest BCUT2D eigenvalue weighted by atomic mass is 10.2. The van der Waals surface area contributed by atoms with Crippen LogP contribution in [0.5, 0.6) is 0 Å². The van der Waals surface area contributed by atoms with Crippen LogP contribution in [-0.2, 0) is 0 Å². The number of pyridine rings is 1. The van der Waals surface area contributed by atoms with E-state index in [9.17, 15) is 5.11 Å². The molecule has 0 spiro atoms. The van der Waals surface area contributed by atoms with Gasteiger partial charge in [0.1, 0.15) is 0 Å². The van der Waals surface area contributed by atoms with Crippen LogP contribution in [0, 0.1) is 13.8 Å².